The average molecular weight is 337 g/mol. The van der Waals surface area contributed by atoms with E-state index in [1.807, 2.05) is 24.3 Å². The SMILES string of the molecule is CN1C(=O)Cc2cc(-c3cncc(C(=O)N4CCOCC4)c3)ccc21. The van der Waals surface area contributed by atoms with Crippen molar-refractivity contribution in [2.75, 3.05) is 38.3 Å². The van der Waals surface area contributed by atoms with Crippen LogP contribution in [0.25, 0.3) is 11.1 Å². The number of pyridine rings is 1. The highest BCUT2D eigenvalue weighted by Crippen LogP contribution is 2.32. The molecule has 0 bridgehead atoms. The van der Waals surface area contributed by atoms with Crippen molar-refractivity contribution >= 4 is 17.5 Å². The number of morpholine rings is 1. The minimum Gasteiger partial charge on any atom is -0.378 e. The number of rotatable bonds is 2. The van der Waals surface area contributed by atoms with E-state index in [0.717, 1.165) is 22.4 Å². The van der Waals surface area contributed by atoms with Crippen LogP contribution in [-0.2, 0) is 16.0 Å². The number of likely N-dealkylation sites (N-methyl/N-ethyl adjacent to an activating group) is 1. The Bertz CT molecular complexity index is 844. The van der Waals surface area contributed by atoms with Crippen molar-refractivity contribution < 1.29 is 14.3 Å². The van der Waals surface area contributed by atoms with Crippen LogP contribution in [0, 0.1) is 0 Å². The summed E-state index contributed by atoms with van der Waals surface area (Å²) >= 11 is 0. The summed E-state index contributed by atoms with van der Waals surface area (Å²) in [6.07, 6.45) is 3.77. The Labute approximate surface area is 146 Å². The van der Waals surface area contributed by atoms with Crippen LogP contribution in [0.3, 0.4) is 0 Å². The van der Waals surface area contributed by atoms with E-state index >= 15 is 0 Å². The summed E-state index contributed by atoms with van der Waals surface area (Å²) in [4.78, 5) is 32.2. The highest BCUT2D eigenvalue weighted by Gasteiger charge is 2.24. The van der Waals surface area contributed by atoms with E-state index in [4.69, 9.17) is 4.74 Å². The first-order valence-electron chi connectivity index (χ1n) is 8.35. The number of nitrogens with zero attached hydrogens (tertiary/aromatic N) is 3. The van der Waals surface area contributed by atoms with Gasteiger partial charge in [0.15, 0.2) is 0 Å². The predicted molar refractivity (Wildman–Crippen MR) is 93.5 cm³/mol. The van der Waals surface area contributed by atoms with Crippen LogP contribution in [-0.4, -0.2) is 55.0 Å². The lowest BCUT2D eigenvalue weighted by Crippen LogP contribution is -2.40. The van der Waals surface area contributed by atoms with Gasteiger partial charge in [0.1, 0.15) is 0 Å². The van der Waals surface area contributed by atoms with Gasteiger partial charge in [0.2, 0.25) is 5.91 Å². The lowest BCUT2D eigenvalue weighted by Gasteiger charge is -2.26. The first kappa shape index (κ1) is 15.8. The zero-order valence-electron chi connectivity index (χ0n) is 14.1. The molecule has 0 N–H and O–H groups in total. The second-order valence-corrected chi connectivity index (χ2v) is 6.34. The Morgan fingerprint density at radius 3 is 2.72 bits per heavy atom. The molecule has 0 radical (unpaired) electrons. The maximum atomic E-state index is 12.6. The van der Waals surface area contributed by atoms with Gasteiger partial charge < -0.3 is 14.5 Å². The van der Waals surface area contributed by atoms with Crippen molar-refractivity contribution in [2.45, 2.75) is 6.42 Å². The van der Waals surface area contributed by atoms with Crippen molar-refractivity contribution in [1.29, 1.82) is 0 Å². The van der Waals surface area contributed by atoms with Crippen molar-refractivity contribution in [2.24, 2.45) is 0 Å². The molecular formula is C19H19N3O3. The highest BCUT2D eigenvalue weighted by molar-refractivity contribution is 6.01. The molecule has 1 fully saturated rings. The van der Waals surface area contributed by atoms with Gasteiger partial charge in [-0.25, -0.2) is 0 Å². The number of hydrogen-bond donors (Lipinski definition) is 0. The van der Waals surface area contributed by atoms with Crippen molar-refractivity contribution in [3.8, 4) is 11.1 Å². The molecule has 128 valence electrons. The second-order valence-electron chi connectivity index (χ2n) is 6.34. The summed E-state index contributed by atoms with van der Waals surface area (Å²) in [7, 11) is 1.79. The van der Waals surface area contributed by atoms with Crippen LogP contribution >= 0.6 is 0 Å². The first-order chi connectivity index (χ1) is 12.1. The second kappa shape index (κ2) is 6.29. The molecule has 2 aliphatic rings. The molecule has 25 heavy (non-hydrogen) atoms. The molecular weight excluding hydrogens is 318 g/mol. The fourth-order valence-corrected chi connectivity index (χ4v) is 3.31. The van der Waals surface area contributed by atoms with E-state index in [9.17, 15) is 9.59 Å². The Morgan fingerprint density at radius 2 is 1.92 bits per heavy atom. The van der Waals surface area contributed by atoms with Crippen molar-refractivity contribution in [3.63, 3.8) is 0 Å². The van der Waals surface area contributed by atoms with Gasteiger partial charge in [-0.3, -0.25) is 14.6 Å². The molecule has 2 aliphatic heterocycles. The topological polar surface area (TPSA) is 62.7 Å². The number of ether oxygens (including phenoxy) is 1. The molecule has 4 rings (SSSR count). The Kier molecular flexibility index (Phi) is 3.97. The molecule has 2 aromatic rings. The van der Waals surface area contributed by atoms with Crippen LogP contribution in [0.15, 0.2) is 36.7 Å². The summed E-state index contributed by atoms with van der Waals surface area (Å²) in [5, 5.41) is 0. The van der Waals surface area contributed by atoms with Crippen LogP contribution in [0.5, 0.6) is 0 Å². The van der Waals surface area contributed by atoms with Gasteiger partial charge in [0.25, 0.3) is 5.91 Å². The van der Waals surface area contributed by atoms with E-state index in [0.29, 0.717) is 38.3 Å². The van der Waals surface area contributed by atoms with Gasteiger partial charge in [-0.2, -0.15) is 0 Å². The number of carbonyl (C=O) groups excluding carboxylic acids is 2. The number of fused-ring (bicyclic) bond motifs is 1. The van der Waals surface area contributed by atoms with E-state index in [-0.39, 0.29) is 11.8 Å². The predicted octanol–water partition coefficient (Wildman–Crippen LogP) is 1.74. The molecule has 1 aromatic carbocycles. The number of amides is 2. The first-order valence-corrected chi connectivity index (χ1v) is 8.35. The summed E-state index contributed by atoms with van der Waals surface area (Å²) in [6, 6.07) is 7.80. The molecule has 1 saturated heterocycles. The molecule has 3 heterocycles. The zero-order chi connectivity index (χ0) is 17.4. The summed E-state index contributed by atoms with van der Waals surface area (Å²) in [5.74, 6) is 0.0789. The van der Waals surface area contributed by atoms with Gasteiger partial charge in [-0.1, -0.05) is 6.07 Å². The molecule has 0 unspecified atom stereocenters. The summed E-state index contributed by atoms with van der Waals surface area (Å²) < 4.78 is 5.30. The maximum Gasteiger partial charge on any atom is 0.255 e. The maximum absolute atomic E-state index is 12.6. The largest absolute Gasteiger partial charge is 0.378 e. The third kappa shape index (κ3) is 2.89. The quantitative estimate of drug-likeness (QED) is 0.837. The zero-order valence-corrected chi connectivity index (χ0v) is 14.1. The number of carbonyl (C=O) groups is 2. The van der Waals surface area contributed by atoms with Gasteiger partial charge in [0, 0.05) is 43.8 Å². The smallest absolute Gasteiger partial charge is 0.255 e. The standard InChI is InChI=1S/C19H19N3O3/c1-21-17-3-2-13(8-14(17)10-18(21)23)15-9-16(12-20-11-15)19(24)22-4-6-25-7-5-22/h2-3,8-9,11-12H,4-7,10H2,1H3. The van der Waals surface area contributed by atoms with E-state index in [2.05, 4.69) is 4.98 Å². The van der Waals surface area contributed by atoms with Gasteiger partial charge in [0.05, 0.1) is 25.2 Å². The van der Waals surface area contributed by atoms with E-state index < -0.39 is 0 Å². The molecule has 0 atom stereocenters. The molecule has 6 heteroatoms. The van der Waals surface area contributed by atoms with Crippen LogP contribution in [0.2, 0.25) is 0 Å². The van der Waals surface area contributed by atoms with Crippen molar-refractivity contribution in [1.82, 2.24) is 9.88 Å². The normalized spacial score (nSPS) is 16.9. The average Bonchev–Trinajstić information content (AvgIpc) is 2.95. The Morgan fingerprint density at radius 1 is 1.12 bits per heavy atom. The lowest BCUT2D eigenvalue weighted by atomic mass is 10.0. The number of hydrogen-bond acceptors (Lipinski definition) is 4. The fraction of sp³-hybridized carbons (Fsp3) is 0.316. The van der Waals surface area contributed by atoms with E-state index in [1.165, 1.54) is 0 Å². The monoisotopic (exact) mass is 337 g/mol. The molecule has 1 aromatic heterocycles. The fourth-order valence-electron chi connectivity index (χ4n) is 3.31. The van der Waals surface area contributed by atoms with Gasteiger partial charge in [-0.05, 0) is 29.3 Å². The number of benzene rings is 1. The molecule has 0 saturated carbocycles. The summed E-state index contributed by atoms with van der Waals surface area (Å²) in [6.45, 7) is 2.36. The third-order valence-electron chi connectivity index (χ3n) is 4.77. The van der Waals surface area contributed by atoms with Crippen molar-refractivity contribution in [3.05, 3.63) is 47.8 Å². The van der Waals surface area contributed by atoms with Crippen LogP contribution in [0.1, 0.15) is 15.9 Å². The number of anilines is 1. The minimum atomic E-state index is -0.0197. The van der Waals surface area contributed by atoms with E-state index in [1.54, 1.807) is 29.2 Å². The summed E-state index contributed by atoms with van der Waals surface area (Å²) in [5.41, 5.74) is 4.38. The minimum absolute atomic E-state index is 0.0197. The molecule has 0 spiro atoms. The highest BCUT2D eigenvalue weighted by atomic mass is 16.5. The van der Waals surface area contributed by atoms with Crippen LogP contribution < -0.4 is 4.90 Å². The number of aromatic nitrogens is 1. The lowest BCUT2D eigenvalue weighted by molar-refractivity contribution is -0.117. The van der Waals surface area contributed by atoms with Gasteiger partial charge >= 0.3 is 0 Å². The molecule has 0 aliphatic carbocycles. The Hall–Kier alpha value is -2.73. The van der Waals surface area contributed by atoms with Crippen LogP contribution in [0.4, 0.5) is 5.69 Å². The molecule has 6 nitrogen and oxygen atoms in total. The Balaban J connectivity index is 1.63. The third-order valence-corrected chi connectivity index (χ3v) is 4.77. The van der Waals surface area contributed by atoms with Gasteiger partial charge in [-0.15, -0.1) is 0 Å². The molecule has 2 amide bonds.